The number of phosphoric acid groups is 1. The number of aromatic nitrogens is 1. The lowest BCUT2D eigenvalue weighted by atomic mass is 10.1. The Balaban J connectivity index is 1.59. The van der Waals surface area contributed by atoms with Gasteiger partial charge in [-0.05, 0) is 60.5 Å². The number of nitrogens with one attached hydrogen (secondary N) is 2. The van der Waals surface area contributed by atoms with Crippen LogP contribution in [-0.4, -0.2) is 74.9 Å². The Morgan fingerprint density at radius 2 is 1.84 bits per heavy atom. The smallest absolute Gasteiger partial charge is 0.447 e. The van der Waals surface area contributed by atoms with E-state index in [1.807, 2.05) is 0 Å². The number of pyridine rings is 1. The molecule has 0 radical (unpaired) electrons. The van der Waals surface area contributed by atoms with Crippen molar-refractivity contribution in [1.82, 2.24) is 15.2 Å². The van der Waals surface area contributed by atoms with E-state index in [2.05, 4.69) is 24.7 Å². The molecule has 0 aliphatic rings. The average molecular weight is 671 g/mol. The third-order valence-electron chi connectivity index (χ3n) is 6.74. The quantitative estimate of drug-likeness (QED) is 0.149. The van der Waals surface area contributed by atoms with Crippen LogP contribution in [0.15, 0.2) is 48.7 Å². The number of aryl methyl sites for hydroxylation is 1. The van der Waals surface area contributed by atoms with Crippen LogP contribution in [-0.2, 0) is 38.9 Å². The van der Waals surface area contributed by atoms with E-state index < -0.39 is 44.1 Å². The molecular formula is C29H34ClF2N4O8P. The molecule has 0 fully saturated rings. The average Bonchev–Trinajstić information content (AvgIpc) is 3.03. The lowest BCUT2D eigenvalue weighted by Crippen LogP contribution is -2.41. The highest BCUT2D eigenvalue weighted by molar-refractivity contribution is 7.48. The molecule has 3 aromatic rings. The molecule has 2 N–H and O–H groups in total. The number of carbonyl (C=O) groups is 3. The van der Waals surface area contributed by atoms with E-state index in [-0.39, 0.29) is 42.7 Å². The maximum Gasteiger partial charge on any atom is 0.474 e. The number of phosphoric ester groups is 1. The van der Waals surface area contributed by atoms with Crippen LogP contribution in [0, 0.1) is 11.6 Å². The largest absolute Gasteiger partial charge is 0.474 e. The molecule has 3 amide bonds. The van der Waals surface area contributed by atoms with Crippen molar-refractivity contribution in [3.05, 3.63) is 70.9 Å². The Labute approximate surface area is 263 Å². The number of hydrogen-bond acceptors (Lipinski definition) is 9. The van der Waals surface area contributed by atoms with Gasteiger partial charge in [-0.3, -0.25) is 28.5 Å². The third kappa shape index (κ3) is 11.0. The van der Waals surface area contributed by atoms with Gasteiger partial charge in [-0.2, -0.15) is 0 Å². The number of nitrogens with zero attached hydrogens (tertiary/aromatic N) is 2. The van der Waals surface area contributed by atoms with Crippen molar-refractivity contribution in [2.45, 2.75) is 31.7 Å². The normalized spacial score (nSPS) is 12.0. The molecule has 2 aromatic carbocycles. The number of amides is 3. The topological polar surface area (TPSA) is 145 Å². The first-order chi connectivity index (χ1) is 21.4. The first kappa shape index (κ1) is 35.8. The second kappa shape index (κ2) is 17.1. The minimum atomic E-state index is -3.82. The highest BCUT2D eigenvalue weighted by atomic mass is 35.5. The van der Waals surface area contributed by atoms with Crippen LogP contribution < -0.4 is 10.6 Å². The van der Waals surface area contributed by atoms with E-state index >= 15 is 0 Å². The molecule has 12 nitrogen and oxygen atoms in total. The lowest BCUT2D eigenvalue weighted by Gasteiger charge is -2.28. The van der Waals surface area contributed by atoms with Crippen LogP contribution in [0.4, 0.5) is 19.4 Å². The molecule has 0 bridgehead atoms. The molecule has 244 valence electrons. The number of anilines is 1. The van der Waals surface area contributed by atoms with Gasteiger partial charge in [0.05, 0.1) is 11.1 Å². The summed E-state index contributed by atoms with van der Waals surface area (Å²) in [6.45, 7) is -0.616. The van der Waals surface area contributed by atoms with Crippen molar-refractivity contribution in [2.24, 2.45) is 0 Å². The summed E-state index contributed by atoms with van der Waals surface area (Å²) in [6.07, 6.45) is 1.49. The van der Waals surface area contributed by atoms with E-state index in [1.54, 1.807) is 19.2 Å². The molecule has 1 aromatic heterocycles. The molecule has 16 heteroatoms. The van der Waals surface area contributed by atoms with E-state index in [9.17, 15) is 27.7 Å². The molecule has 0 aliphatic carbocycles. The van der Waals surface area contributed by atoms with Gasteiger partial charge in [-0.1, -0.05) is 23.7 Å². The number of fused-ring (bicyclic) bond motifs is 1. The van der Waals surface area contributed by atoms with Gasteiger partial charge in [0.15, 0.2) is 0 Å². The van der Waals surface area contributed by atoms with Crippen molar-refractivity contribution in [1.29, 1.82) is 0 Å². The second-order valence-electron chi connectivity index (χ2n) is 9.73. The zero-order chi connectivity index (χ0) is 33.0. The fourth-order valence-corrected chi connectivity index (χ4v) is 5.03. The number of carbonyl (C=O) groups excluding carboxylic acids is 3. The van der Waals surface area contributed by atoms with Crippen LogP contribution in [0.3, 0.4) is 0 Å². The van der Waals surface area contributed by atoms with Gasteiger partial charge in [0.25, 0.3) is 0 Å². The molecule has 1 heterocycles. The van der Waals surface area contributed by atoms with Crippen LogP contribution in [0.25, 0.3) is 10.8 Å². The maximum absolute atomic E-state index is 13.8. The first-order valence-corrected chi connectivity index (χ1v) is 15.6. The molecule has 0 saturated heterocycles. The number of rotatable bonds is 16. The van der Waals surface area contributed by atoms with Crippen LogP contribution in [0.2, 0.25) is 5.02 Å². The van der Waals surface area contributed by atoms with Crippen LogP contribution in [0.1, 0.15) is 24.8 Å². The second-order valence-corrected chi connectivity index (χ2v) is 12.0. The molecule has 0 unspecified atom stereocenters. The monoisotopic (exact) mass is 670 g/mol. The van der Waals surface area contributed by atoms with Crippen molar-refractivity contribution in [2.75, 3.05) is 46.3 Å². The fourth-order valence-electron chi connectivity index (χ4n) is 4.18. The van der Waals surface area contributed by atoms with Gasteiger partial charge in [-0.15, -0.1) is 0 Å². The Morgan fingerprint density at radius 3 is 2.58 bits per heavy atom. The SMILES string of the molecule is COP(=O)(OC)OCC(=O)NCCC[C@@H](COC(=O)Nc1cc2cc(F)ccc2cn1)N(C)C(=O)CCc1cccc(F)c1Cl. The Morgan fingerprint density at radius 1 is 1.09 bits per heavy atom. The van der Waals surface area contributed by atoms with E-state index in [4.69, 9.17) is 20.9 Å². The summed E-state index contributed by atoms with van der Waals surface area (Å²) in [5.41, 5.74) is 0.477. The van der Waals surface area contributed by atoms with Gasteiger partial charge >= 0.3 is 13.9 Å². The standard InChI is InChI=1S/C29H34ClF2N4O8P/c1-36(27(38)12-10-19-6-4-8-24(32)28(19)30)23(7-5-13-33-26(37)18-44-45(40,41-2)42-3)17-43-29(39)35-25-15-21-14-22(31)11-9-20(21)16-34-25/h4,6,8-9,11,14-16,23H,5,7,10,12-13,17-18H2,1-3H3,(H,33,37)(H,34,35,39)/t23-/m0/s1. The number of hydrogen-bond donors (Lipinski definition) is 2. The first-order valence-electron chi connectivity index (χ1n) is 13.7. The zero-order valence-electron chi connectivity index (χ0n) is 24.9. The Kier molecular flexibility index (Phi) is 13.6. The lowest BCUT2D eigenvalue weighted by molar-refractivity contribution is -0.133. The molecule has 0 spiro atoms. The summed E-state index contributed by atoms with van der Waals surface area (Å²) >= 11 is 6.02. The van der Waals surface area contributed by atoms with Gasteiger partial charge in [0.1, 0.15) is 30.7 Å². The molecule has 1 atom stereocenters. The van der Waals surface area contributed by atoms with Crippen LogP contribution in [0.5, 0.6) is 0 Å². The molecule has 0 saturated carbocycles. The van der Waals surface area contributed by atoms with Crippen LogP contribution >= 0.6 is 19.4 Å². The summed E-state index contributed by atoms with van der Waals surface area (Å²) in [7, 11) is -0.0357. The van der Waals surface area contributed by atoms with E-state index in [0.29, 0.717) is 29.2 Å². The van der Waals surface area contributed by atoms with Crippen molar-refractivity contribution < 1.29 is 46.0 Å². The highest BCUT2D eigenvalue weighted by Gasteiger charge is 2.25. The summed E-state index contributed by atoms with van der Waals surface area (Å²) < 4.78 is 58.9. The molecule has 0 aliphatic heterocycles. The Hall–Kier alpha value is -3.68. The minimum Gasteiger partial charge on any atom is -0.447 e. The number of ether oxygens (including phenoxy) is 1. The van der Waals surface area contributed by atoms with Crippen molar-refractivity contribution in [3.63, 3.8) is 0 Å². The van der Waals surface area contributed by atoms with Gasteiger partial charge < -0.3 is 15.0 Å². The summed E-state index contributed by atoms with van der Waals surface area (Å²) in [4.78, 5) is 43.3. The molecule has 45 heavy (non-hydrogen) atoms. The molecule has 3 rings (SSSR count). The van der Waals surface area contributed by atoms with E-state index in [0.717, 1.165) is 14.2 Å². The summed E-state index contributed by atoms with van der Waals surface area (Å²) in [5.74, 6) is -1.77. The molecular weight excluding hydrogens is 637 g/mol. The third-order valence-corrected chi connectivity index (χ3v) is 8.50. The van der Waals surface area contributed by atoms with Gasteiger partial charge in [0, 0.05) is 45.8 Å². The van der Waals surface area contributed by atoms with Crippen molar-refractivity contribution >= 4 is 53.9 Å². The van der Waals surface area contributed by atoms with E-state index in [1.165, 1.54) is 41.4 Å². The number of benzene rings is 2. The van der Waals surface area contributed by atoms with Gasteiger partial charge in [-0.25, -0.2) is 23.1 Å². The highest BCUT2D eigenvalue weighted by Crippen LogP contribution is 2.47. The summed E-state index contributed by atoms with van der Waals surface area (Å²) in [6, 6.07) is 9.41. The predicted molar refractivity (Wildman–Crippen MR) is 163 cm³/mol. The van der Waals surface area contributed by atoms with Gasteiger partial charge in [0.2, 0.25) is 11.8 Å². The minimum absolute atomic E-state index is 0.00701. The predicted octanol–water partition coefficient (Wildman–Crippen LogP) is 5.49. The zero-order valence-corrected chi connectivity index (χ0v) is 26.5. The number of halogens is 3. The summed E-state index contributed by atoms with van der Waals surface area (Å²) in [5, 5.41) is 6.24. The number of likely N-dealkylation sites (N-methyl/N-ethyl adjacent to an activating group) is 1. The maximum atomic E-state index is 13.8. The Bertz CT molecular complexity index is 1540. The fraction of sp³-hybridized carbons (Fsp3) is 0.379. The van der Waals surface area contributed by atoms with Crippen molar-refractivity contribution in [3.8, 4) is 0 Å².